The molecule has 10 heavy (non-hydrogen) atoms. The van der Waals surface area contributed by atoms with E-state index < -0.39 is 0 Å². The van der Waals surface area contributed by atoms with Crippen molar-refractivity contribution in [3.05, 3.63) is 17.5 Å². The Morgan fingerprint density at radius 3 is 2.50 bits per heavy atom. The molecule has 4 heteroatoms. The van der Waals surface area contributed by atoms with Crippen LogP contribution in [0.3, 0.4) is 0 Å². The van der Waals surface area contributed by atoms with Crippen LogP contribution in [0.4, 0.5) is 0 Å². The first-order valence-corrected chi connectivity index (χ1v) is 2.62. The van der Waals surface area contributed by atoms with Gasteiger partial charge in [-0.05, 0) is 5.69 Å². The van der Waals surface area contributed by atoms with Crippen LogP contribution in [-0.4, -0.2) is 16.1 Å². The summed E-state index contributed by atoms with van der Waals surface area (Å²) in [5.74, 6) is 0. The minimum atomic E-state index is 0. The molecule has 0 spiro atoms. The van der Waals surface area contributed by atoms with Gasteiger partial charge >= 0.3 is 0 Å². The number of carbonyl (C=O) groups excluding carboxylic acids is 1. The van der Waals surface area contributed by atoms with Gasteiger partial charge in [-0.25, -0.2) is 0 Å². The van der Waals surface area contributed by atoms with E-state index in [0.717, 1.165) is 11.8 Å². The molecule has 1 aromatic heterocycles. The van der Waals surface area contributed by atoms with E-state index in [1.54, 1.807) is 14.0 Å². The molecule has 0 bridgehead atoms. The predicted octanol–water partition coefficient (Wildman–Crippen LogP) is 0.339. The number of nitrogens with zero attached hydrogens (tertiary/aromatic N) is 2. The zero-order valence-electron chi connectivity index (χ0n) is 5.79. The van der Waals surface area contributed by atoms with Crippen LogP contribution in [-0.2, 0) is 28.1 Å². The molecule has 0 saturated carbocycles. The Morgan fingerprint density at radius 2 is 2.30 bits per heavy atom. The molecule has 0 saturated heterocycles. The quantitative estimate of drug-likeness (QED) is 0.554. The molecule has 0 radical (unpaired) electrons. The maximum atomic E-state index is 10.2. The van der Waals surface area contributed by atoms with E-state index in [1.165, 1.54) is 4.68 Å². The average Bonchev–Trinajstić information content (AvgIpc) is 2.12. The average molecular weight is 307 g/mol. The fourth-order valence-corrected chi connectivity index (χ4v) is 0.669. The van der Waals surface area contributed by atoms with E-state index >= 15 is 0 Å². The van der Waals surface area contributed by atoms with Crippen molar-refractivity contribution in [3.63, 3.8) is 0 Å². The van der Waals surface area contributed by atoms with E-state index in [0.29, 0.717) is 5.69 Å². The number of hydrogen-bond acceptors (Lipinski definition) is 2. The van der Waals surface area contributed by atoms with E-state index in [1.807, 2.05) is 0 Å². The molecule has 0 aromatic carbocycles. The molecule has 0 amide bonds. The van der Waals surface area contributed by atoms with Crippen molar-refractivity contribution in [3.8, 4) is 0 Å². The number of aldehydes is 1. The topological polar surface area (TPSA) is 34.9 Å². The summed E-state index contributed by atoms with van der Waals surface area (Å²) in [6.07, 6.45) is 3.45. The second kappa shape index (κ2) is 3.67. The van der Waals surface area contributed by atoms with Crippen molar-refractivity contribution >= 4 is 6.29 Å². The Hall–Kier alpha value is -0.432. The monoisotopic (exact) mass is 307 g/mol. The van der Waals surface area contributed by atoms with Gasteiger partial charge in [0.15, 0.2) is 0 Å². The number of aromatic nitrogens is 2. The van der Waals surface area contributed by atoms with E-state index in [2.05, 4.69) is 11.3 Å². The molecule has 0 aliphatic heterocycles. The van der Waals surface area contributed by atoms with Gasteiger partial charge < -0.3 is 14.6 Å². The summed E-state index contributed by atoms with van der Waals surface area (Å²) < 4.78 is 1.50. The van der Waals surface area contributed by atoms with Crippen molar-refractivity contribution in [2.24, 2.45) is 7.05 Å². The van der Waals surface area contributed by atoms with Gasteiger partial charge in [-0.3, -0.25) is 0 Å². The van der Waals surface area contributed by atoms with Crippen molar-refractivity contribution in [1.29, 1.82) is 0 Å². The third-order valence-electron chi connectivity index (χ3n) is 1.21. The third-order valence-corrected chi connectivity index (χ3v) is 1.21. The van der Waals surface area contributed by atoms with Gasteiger partial charge in [0.1, 0.15) is 0 Å². The van der Waals surface area contributed by atoms with E-state index in [9.17, 15) is 4.79 Å². The van der Waals surface area contributed by atoms with Crippen LogP contribution in [0.5, 0.6) is 0 Å². The first-order chi connectivity index (χ1) is 4.25. The molecule has 0 N–H and O–H groups in total. The third kappa shape index (κ3) is 1.54. The van der Waals surface area contributed by atoms with Gasteiger partial charge in [-0.1, -0.05) is 6.92 Å². The normalized spacial score (nSPS) is 8.60. The maximum absolute atomic E-state index is 10.2. The zero-order chi connectivity index (χ0) is 6.85. The summed E-state index contributed by atoms with van der Waals surface area (Å²) in [7, 11) is 1.72. The summed E-state index contributed by atoms with van der Waals surface area (Å²) in [6.45, 7) is 1.80. The number of aryl methyl sites for hydroxylation is 2. The molecule has 0 fully saturated rings. The fraction of sp³-hybridized carbons (Fsp3) is 0.333. The summed E-state index contributed by atoms with van der Waals surface area (Å²) in [5.41, 5.74) is 1.39. The van der Waals surface area contributed by atoms with Crippen LogP contribution >= 0.6 is 0 Å². The van der Waals surface area contributed by atoms with Gasteiger partial charge in [0, 0.05) is 28.1 Å². The minimum absolute atomic E-state index is 0. The van der Waals surface area contributed by atoms with Crippen molar-refractivity contribution < 1.29 is 25.9 Å². The molecule has 0 aliphatic rings. The molecule has 3 nitrogen and oxygen atoms in total. The van der Waals surface area contributed by atoms with Crippen LogP contribution in [0.1, 0.15) is 16.1 Å². The van der Waals surface area contributed by atoms with Crippen LogP contribution in [0.25, 0.3) is 0 Å². The summed E-state index contributed by atoms with van der Waals surface area (Å²) in [5, 5.41) is 3.75. The Morgan fingerprint density at radius 1 is 1.70 bits per heavy atom. The van der Waals surface area contributed by atoms with E-state index in [-0.39, 0.29) is 21.1 Å². The van der Waals surface area contributed by atoms with Crippen molar-refractivity contribution in [2.75, 3.05) is 0 Å². The Labute approximate surface area is 73.7 Å². The predicted molar refractivity (Wildman–Crippen MR) is 32.2 cm³/mol. The first-order valence-electron chi connectivity index (χ1n) is 2.62. The SMILES string of the molecule is Cc1[c-]nn(C)c1C=O.[W]. The summed E-state index contributed by atoms with van der Waals surface area (Å²) in [6, 6.07) is 0. The van der Waals surface area contributed by atoms with Gasteiger partial charge in [-0.15, -0.1) is 6.20 Å². The molecule has 54 valence electrons. The maximum Gasteiger partial charge on any atom is 0.0869 e. The van der Waals surface area contributed by atoms with Crippen LogP contribution < -0.4 is 0 Å². The van der Waals surface area contributed by atoms with Gasteiger partial charge in [-0.2, -0.15) is 5.56 Å². The molecule has 1 heterocycles. The zero-order valence-corrected chi connectivity index (χ0v) is 8.72. The molecule has 0 unspecified atom stereocenters. The minimum Gasteiger partial charge on any atom is -0.362 e. The summed E-state index contributed by atoms with van der Waals surface area (Å²) >= 11 is 0. The van der Waals surface area contributed by atoms with Gasteiger partial charge in [0.2, 0.25) is 0 Å². The number of rotatable bonds is 1. The standard InChI is InChI=1S/C6H7N2O.W/c1-5-3-7-8(2)6(5)4-9;/h4H,1-2H3;/q-1;. The largest absolute Gasteiger partial charge is 0.362 e. The van der Waals surface area contributed by atoms with Crippen LogP contribution in [0.15, 0.2) is 0 Å². The molecule has 0 atom stereocenters. The van der Waals surface area contributed by atoms with Gasteiger partial charge in [0.05, 0.1) is 6.29 Å². The molecule has 1 rings (SSSR count). The fourth-order valence-electron chi connectivity index (χ4n) is 0.669. The first kappa shape index (κ1) is 9.57. The van der Waals surface area contributed by atoms with Crippen molar-refractivity contribution in [2.45, 2.75) is 6.92 Å². The number of carbonyl (C=O) groups is 1. The smallest absolute Gasteiger partial charge is 0.0869 e. The van der Waals surface area contributed by atoms with Crippen molar-refractivity contribution in [1.82, 2.24) is 9.78 Å². The second-order valence-electron chi connectivity index (χ2n) is 1.86. The Bertz CT molecular complexity index is 212. The Kier molecular flexibility index (Phi) is 3.51. The number of hydrogen-bond donors (Lipinski definition) is 0. The van der Waals surface area contributed by atoms with Crippen LogP contribution in [0, 0.1) is 13.1 Å². The molecular formula is C6H7N2OW-. The van der Waals surface area contributed by atoms with Crippen LogP contribution in [0.2, 0.25) is 0 Å². The molecule has 1 aromatic rings. The van der Waals surface area contributed by atoms with E-state index in [4.69, 9.17) is 0 Å². The summed E-state index contributed by atoms with van der Waals surface area (Å²) in [4.78, 5) is 10.2. The second-order valence-corrected chi connectivity index (χ2v) is 1.86. The molecular weight excluding hydrogens is 300 g/mol. The Balaban J connectivity index is 0.000000810. The van der Waals surface area contributed by atoms with Gasteiger partial charge in [0.25, 0.3) is 0 Å². The molecule has 0 aliphatic carbocycles.